The van der Waals surface area contributed by atoms with Crippen LogP contribution in [0.25, 0.3) is 0 Å². The molecule has 5 nitrogen and oxygen atoms in total. The van der Waals surface area contributed by atoms with Gasteiger partial charge in [0.25, 0.3) is 0 Å². The maximum atomic E-state index is 12.9. The molecular weight excluding hydrogens is 350 g/mol. The largest absolute Gasteiger partial charge is 0.425 e. The number of nitrogens with zero attached hydrogens (tertiary/aromatic N) is 1. The second kappa shape index (κ2) is 7.21. The van der Waals surface area contributed by atoms with Crippen molar-refractivity contribution < 1.29 is 17.9 Å². The summed E-state index contributed by atoms with van der Waals surface area (Å²) in [4.78, 5) is 12.9. The molecule has 0 spiro atoms. The molecule has 0 N–H and O–H groups in total. The van der Waals surface area contributed by atoms with Crippen LogP contribution in [0.5, 0.6) is 5.75 Å². The third kappa shape index (κ3) is 3.81. The molecule has 1 atom stereocenters. The van der Waals surface area contributed by atoms with Crippen LogP contribution in [0.3, 0.4) is 0 Å². The molecule has 0 aliphatic carbocycles. The molecule has 0 saturated carbocycles. The van der Waals surface area contributed by atoms with E-state index in [1.165, 1.54) is 4.31 Å². The van der Waals surface area contributed by atoms with Gasteiger partial charge in [-0.3, -0.25) is 0 Å². The third-order valence-electron chi connectivity index (χ3n) is 4.52. The zero-order chi connectivity index (χ0) is 18.9. The van der Waals surface area contributed by atoms with E-state index in [1.54, 1.807) is 36.4 Å². The highest BCUT2D eigenvalue weighted by Crippen LogP contribution is 2.28. The summed E-state index contributed by atoms with van der Waals surface area (Å²) in [6.07, 6.45) is 1.10. The Morgan fingerprint density at radius 1 is 1.00 bits per heavy atom. The van der Waals surface area contributed by atoms with E-state index in [2.05, 4.69) is 0 Å². The van der Waals surface area contributed by atoms with Crippen LogP contribution < -0.4 is 4.74 Å². The van der Waals surface area contributed by atoms with E-state index in [9.17, 15) is 13.2 Å². The van der Waals surface area contributed by atoms with E-state index in [1.807, 2.05) is 26.8 Å². The van der Waals surface area contributed by atoms with Crippen LogP contribution in [-0.2, 0) is 14.8 Å². The van der Waals surface area contributed by atoms with Gasteiger partial charge in [-0.15, -0.1) is 0 Å². The van der Waals surface area contributed by atoms with E-state index >= 15 is 0 Å². The number of rotatable bonds is 4. The van der Waals surface area contributed by atoms with Gasteiger partial charge in [0.15, 0.2) is 0 Å². The standard InChI is InChI=1S/C20H23NO4S/c1-14-6-8-18(9-7-14)26(23,24)21-10-4-5-19(21)20(22)25-17-12-15(2)11-16(3)13-17/h6-9,11-13,19H,4-5,10H2,1-3H3. The molecule has 1 unspecified atom stereocenters. The van der Waals surface area contributed by atoms with Crippen LogP contribution in [0, 0.1) is 20.8 Å². The van der Waals surface area contributed by atoms with Gasteiger partial charge in [-0.1, -0.05) is 23.8 Å². The van der Waals surface area contributed by atoms with Crippen molar-refractivity contribution in [2.24, 2.45) is 0 Å². The summed E-state index contributed by atoms with van der Waals surface area (Å²) in [6, 6.07) is 11.4. The minimum Gasteiger partial charge on any atom is -0.425 e. The molecule has 1 heterocycles. The van der Waals surface area contributed by atoms with Gasteiger partial charge in [0.05, 0.1) is 4.90 Å². The van der Waals surface area contributed by atoms with Crippen molar-refractivity contribution in [1.82, 2.24) is 4.31 Å². The summed E-state index contributed by atoms with van der Waals surface area (Å²) in [6.45, 7) is 6.07. The van der Waals surface area contributed by atoms with Crippen molar-refractivity contribution in [3.05, 3.63) is 59.2 Å². The Hall–Kier alpha value is -2.18. The van der Waals surface area contributed by atoms with Crippen LogP contribution in [0.4, 0.5) is 0 Å². The number of carbonyl (C=O) groups is 1. The fraction of sp³-hybridized carbons (Fsp3) is 0.350. The second-order valence-electron chi connectivity index (χ2n) is 6.83. The van der Waals surface area contributed by atoms with Crippen LogP contribution in [-0.4, -0.2) is 31.3 Å². The number of hydrogen-bond donors (Lipinski definition) is 0. The highest BCUT2D eigenvalue weighted by atomic mass is 32.2. The van der Waals surface area contributed by atoms with E-state index in [0.29, 0.717) is 25.1 Å². The van der Waals surface area contributed by atoms with Crippen LogP contribution in [0.1, 0.15) is 29.5 Å². The molecule has 0 radical (unpaired) electrons. The van der Waals surface area contributed by atoms with Crippen LogP contribution >= 0.6 is 0 Å². The Morgan fingerprint density at radius 3 is 2.23 bits per heavy atom. The van der Waals surface area contributed by atoms with Crippen LogP contribution in [0.2, 0.25) is 0 Å². The number of hydrogen-bond acceptors (Lipinski definition) is 4. The summed E-state index contributed by atoms with van der Waals surface area (Å²) < 4.78 is 32.6. The molecule has 1 aliphatic rings. The molecular formula is C20H23NO4S. The molecule has 1 fully saturated rings. The summed E-state index contributed by atoms with van der Waals surface area (Å²) in [5.74, 6) is -0.0738. The number of carbonyl (C=O) groups excluding carboxylic acids is 1. The van der Waals surface area contributed by atoms with E-state index in [4.69, 9.17) is 4.74 Å². The van der Waals surface area contributed by atoms with Crippen molar-refractivity contribution in [2.75, 3.05) is 6.54 Å². The lowest BCUT2D eigenvalue weighted by Crippen LogP contribution is -2.42. The monoisotopic (exact) mass is 373 g/mol. The van der Waals surface area contributed by atoms with Gasteiger partial charge in [0.1, 0.15) is 11.8 Å². The van der Waals surface area contributed by atoms with Crippen molar-refractivity contribution in [3.63, 3.8) is 0 Å². The van der Waals surface area contributed by atoms with Gasteiger partial charge in [0.2, 0.25) is 10.0 Å². The highest BCUT2D eigenvalue weighted by Gasteiger charge is 2.40. The maximum Gasteiger partial charge on any atom is 0.329 e. The Balaban J connectivity index is 1.83. The molecule has 2 aromatic carbocycles. The lowest BCUT2D eigenvalue weighted by molar-refractivity contribution is -0.137. The van der Waals surface area contributed by atoms with E-state index < -0.39 is 22.0 Å². The molecule has 138 valence electrons. The average molecular weight is 373 g/mol. The SMILES string of the molecule is Cc1ccc(S(=O)(=O)N2CCCC2C(=O)Oc2cc(C)cc(C)c2)cc1. The Kier molecular flexibility index (Phi) is 5.16. The van der Waals surface area contributed by atoms with Gasteiger partial charge in [0, 0.05) is 6.54 Å². The zero-order valence-electron chi connectivity index (χ0n) is 15.2. The van der Waals surface area contributed by atoms with Gasteiger partial charge >= 0.3 is 5.97 Å². The maximum absolute atomic E-state index is 12.9. The Morgan fingerprint density at radius 2 is 1.62 bits per heavy atom. The summed E-state index contributed by atoms with van der Waals surface area (Å²) in [5.41, 5.74) is 2.96. The first-order valence-electron chi connectivity index (χ1n) is 8.66. The minimum absolute atomic E-state index is 0.203. The van der Waals surface area contributed by atoms with Gasteiger partial charge in [-0.05, 0) is 69.0 Å². The summed E-state index contributed by atoms with van der Waals surface area (Å²) >= 11 is 0. The molecule has 1 saturated heterocycles. The zero-order valence-corrected chi connectivity index (χ0v) is 16.0. The van der Waals surface area contributed by atoms with Crippen molar-refractivity contribution in [3.8, 4) is 5.75 Å². The Labute approximate surface area is 154 Å². The number of ether oxygens (including phenoxy) is 1. The van der Waals surface area contributed by atoms with E-state index in [0.717, 1.165) is 16.7 Å². The summed E-state index contributed by atoms with van der Waals surface area (Å²) in [7, 11) is -3.73. The molecule has 0 aromatic heterocycles. The van der Waals surface area contributed by atoms with Gasteiger partial charge in [-0.25, -0.2) is 13.2 Å². The molecule has 6 heteroatoms. The van der Waals surface area contributed by atoms with E-state index in [-0.39, 0.29) is 4.90 Å². The van der Waals surface area contributed by atoms with Crippen LogP contribution in [0.15, 0.2) is 47.4 Å². The third-order valence-corrected chi connectivity index (χ3v) is 6.44. The fourth-order valence-corrected chi connectivity index (χ4v) is 4.93. The van der Waals surface area contributed by atoms with Gasteiger partial charge < -0.3 is 4.74 Å². The quantitative estimate of drug-likeness (QED) is 0.609. The number of aryl methyl sites for hydroxylation is 3. The first kappa shape index (κ1) is 18.6. The second-order valence-corrected chi connectivity index (χ2v) is 8.72. The number of esters is 1. The average Bonchev–Trinajstić information content (AvgIpc) is 3.05. The topological polar surface area (TPSA) is 63.7 Å². The fourth-order valence-electron chi connectivity index (χ4n) is 3.29. The highest BCUT2D eigenvalue weighted by molar-refractivity contribution is 7.89. The predicted molar refractivity (Wildman–Crippen MR) is 99.6 cm³/mol. The lowest BCUT2D eigenvalue weighted by atomic mass is 10.1. The first-order valence-corrected chi connectivity index (χ1v) is 10.1. The summed E-state index contributed by atoms with van der Waals surface area (Å²) in [5, 5.41) is 0. The van der Waals surface area contributed by atoms with Crippen molar-refractivity contribution >= 4 is 16.0 Å². The predicted octanol–water partition coefficient (Wildman–Crippen LogP) is 3.37. The normalized spacial score (nSPS) is 18.0. The molecule has 26 heavy (non-hydrogen) atoms. The van der Waals surface area contributed by atoms with Gasteiger partial charge in [-0.2, -0.15) is 4.31 Å². The molecule has 0 bridgehead atoms. The van der Waals surface area contributed by atoms with Crippen molar-refractivity contribution in [1.29, 1.82) is 0 Å². The lowest BCUT2D eigenvalue weighted by Gasteiger charge is -2.23. The minimum atomic E-state index is -3.73. The number of sulfonamides is 1. The molecule has 3 rings (SSSR count). The number of benzene rings is 2. The van der Waals surface area contributed by atoms with Crippen molar-refractivity contribution in [2.45, 2.75) is 44.6 Å². The molecule has 1 aliphatic heterocycles. The smallest absolute Gasteiger partial charge is 0.329 e. The first-order chi connectivity index (χ1) is 12.3. The molecule has 0 amide bonds. The Bertz CT molecular complexity index is 899. The molecule has 2 aromatic rings.